The van der Waals surface area contributed by atoms with Crippen molar-refractivity contribution in [2.24, 2.45) is 0 Å². The Morgan fingerprint density at radius 3 is 2.59 bits per heavy atom. The maximum absolute atomic E-state index is 12.9. The third-order valence-electron chi connectivity index (χ3n) is 6.55. The van der Waals surface area contributed by atoms with Crippen LogP contribution in [0.5, 0.6) is 0 Å². The third-order valence-corrected chi connectivity index (χ3v) is 6.55. The van der Waals surface area contributed by atoms with Gasteiger partial charge in [-0.1, -0.05) is 30.3 Å². The number of hydrogen-bond donors (Lipinski definition) is 0. The molecule has 1 aliphatic rings. The van der Waals surface area contributed by atoms with Gasteiger partial charge >= 0.3 is 5.63 Å². The van der Waals surface area contributed by atoms with Crippen molar-refractivity contribution < 1.29 is 9.21 Å². The number of para-hydroxylation sites is 1. The molecule has 0 radical (unpaired) electrons. The zero-order valence-corrected chi connectivity index (χ0v) is 19.3. The quantitative estimate of drug-likeness (QED) is 0.515. The second-order valence-electron chi connectivity index (χ2n) is 8.92. The van der Waals surface area contributed by atoms with Gasteiger partial charge in [-0.15, -0.1) is 0 Å². The predicted octanol–water partition coefficient (Wildman–Crippen LogP) is 4.99. The lowest BCUT2D eigenvalue weighted by molar-refractivity contribution is -0.130. The van der Waals surface area contributed by atoms with Crippen molar-refractivity contribution >= 4 is 22.6 Å². The molecule has 1 fully saturated rings. The Labute approximate surface area is 189 Å². The van der Waals surface area contributed by atoms with Crippen molar-refractivity contribution in [2.45, 2.75) is 52.5 Å². The number of carbonyl (C=O) groups is 1. The number of hydrogen-bond acceptors (Lipinski definition) is 4. The van der Waals surface area contributed by atoms with Gasteiger partial charge in [0.1, 0.15) is 5.58 Å². The van der Waals surface area contributed by atoms with Gasteiger partial charge in [0.05, 0.1) is 0 Å². The van der Waals surface area contributed by atoms with Crippen molar-refractivity contribution in [3.8, 4) is 0 Å². The zero-order chi connectivity index (χ0) is 22.7. The highest BCUT2D eigenvalue weighted by atomic mass is 16.4. The van der Waals surface area contributed by atoms with Crippen molar-refractivity contribution in [1.82, 2.24) is 4.90 Å². The number of aryl methyl sites for hydroxylation is 2. The molecule has 0 bridgehead atoms. The third kappa shape index (κ3) is 4.72. The molecule has 168 valence electrons. The van der Waals surface area contributed by atoms with Crippen molar-refractivity contribution in [3.63, 3.8) is 0 Å². The lowest BCUT2D eigenvalue weighted by Gasteiger charge is -2.31. The normalized spacial score (nSPS) is 14.0. The van der Waals surface area contributed by atoms with Crippen LogP contribution in [0.25, 0.3) is 11.0 Å². The minimum atomic E-state index is -0.341. The fourth-order valence-corrected chi connectivity index (χ4v) is 4.64. The Bertz CT molecular complexity index is 1180. The molecule has 1 aliphatic heterocycles. The van der Waals surface area contributed by atoms with E-state index in [0.717, 1.165) is 29.6 Å². The van der Waals surface area contributed by atoms with Gasteiger partial charge < -0.3 is 14.2 Å². The lowest BCUT2D eigenvalue weighted by Crippen LogP contribution is -2.32. The number of amides is 1. The minimum absolute atomic E-state index is 0.0289. The van der Waals surface area contributed by atoms with E-state index >= 15 is 0 Å². The summed E-state index contributed by atoms with van der Waals surface area (Å²) in [6.07, 6.45) is 4.39. The number of piperidine rings is 1. The molecule has 0 saturated carbocycles. The summed E-state index contributed by atoms with van der Waals surface area (Å²) in [4.78, 5) is 29.7. The molecule has 0 atom stereocenters. The molecule has 5 nitrogen and oxygen atoms in total. The molecule has 32 heavy (non-hydrogen) atoms. The predicted molar refractivity (Wildman–Crippen MR) is 129 cm³/mol. The van der Waals surface area contributed by atoms with Gasteiger partial charge in [0.25, 0.3) is 0 Å². The van der Waals surface area contributed by atoms with E-state index < -0.39 is 0 Å². The molecule has 0 unspecified atom stereocenters. The maximum Gasteiger partial charge on any atom is 0.339 e. The van der Waals surface area contributed by atoms with Crippen LogP contribution in [0.4, 0.5) is 5.69 Å². The summed E-state index contributed by atoms with van der Waals surface area (Å²) in [7, 11) is 1.84. The van der Waals surface area contributed by atoms with E-state index in [0.29, 0.717) is 24.1 Å². The van der Waals surface area contributed by atoms with Crippen LogP contribution in [0.15, 0.2) is 51.7 Å². The SMILES string of the molecule is Cc1ccc2c(C)c(CCC(=O)N(C)Cc3ccccc3N3CCCCC3)c(=O)oc2c1. The Morgan fingerprint density at radius 1 is 1.06 bits per heavy atom. The van der Waals surface area contributed by atoms with Crippen LogP contribution in [-0.4, -0.2) is 30.9 Å². The lowest BCUT2D eigenvalue weighted by atomic mass is 10.0. The summed E-state index contributed by atoms with van der Waals surface area (Å²) in [5.41, 5.74) is 5.21. The van der Waals surface area contributed by atoms with E-state index in [9.17, 15) is 9.59 Å². The van der Waals surface area contributed by atoms with Gasteiger partial charge in [-0.3, -0.25) is 4.79 Å². The van der Waals surface area contributed by atoms with Crippen LogP contribution >= 0.6 is 0 Å². The molecule has 2 heterocycles. The molecule has 1 aromatic heterocycles. The van der Waals surface area contributed by atoms with Gasteiger partial charge in [-0.2, -0.15) is 0 Å². The molecular formula is C27H32N2O3. The van der Waals surface area contributed by atoms with Crippen molar-refractivity contribution in [2.75, 3.05) is 25.0 Å². The average molecular weight is 433 g/mol. The Balaban J connectivity index is 1.45. The largest absolute Gasteiger partial charge is 0.423 e. The van der Waals surface area contributed by atoms with E-state index in [1.54, 1.807) is 4.90 Å². The smallest absolute Gasteiger partial charge is 0.339 e. The highest BCUT2D eigenvalue weighted by molar-refractivity contribution is 5.82. The first-order chi connectivity index (χ1) is 15.4. The Hall–Kier alpha value is -3.08. The summed E-state index contributed by atoms with van der Waals surface area (Å²) in [5.74, 6) is 0.0289. The van der Waals surface area contributed by atoms with E-state index in [1.165, 1.54) is 30.5 Å². The van der Waals surface area contributed by atoms with Crippen LogP contribution in [-0.2, 0) is 17.8 Å². The van der Waals surface area contributed by atoms with E-state index in [2.05, 4.69) is 23.1 Å². The topological polar surface area (TPSA) is 53.8 Å². The molecule has 2 aromatic carbocycles. The second-order valence-corrected chi connectivity index (χ2v) is 8.92. The van der Waals surface area contributed by atoms with Crippen LogP contribution in [0.3, 0.4) is 0 Å². The molecule has 4 rings (SSSR count). The zero-order valence-electron chi connectivity index (χ0n) is 19.3. The summed E-state index contributed by atoms with van der Waals surface area (Å²) < 4.78 is 5.54. The fourth-order valence-electron chi connectivity index (χ4n) is 4.64. The Kier molecular flexibility index (Phi) is 6.63. The van der Waals surface area contributed by atoms with E-state index in [-0.39, 0.29) is 18.0 Å². The highest BCUT2D eigenvalue weighted by Crippen LogP contribution is 2.26. The first-order valence-corrected chi connectivity index (χ1v) is 11.5. The van der Waals surface area contributed by atoms with Gasteiger partial charge in [0.15, 0.2) is 0 Å². The summed E-state index contributed by atoms with van der Waals surface area (Å²) in [5, 5.41) is 0.932. The van der Waals surface area contributed by atoms with Crippen LogP contribution in [0.2, 0.25) is 0 Å². The molecular weight excluding hydrogens is 400 g/mol. The second kappa shape index (κ2) is 9.60. The number of fused-ring (bicyclic) bond motifs is 1. The number of anilines is 1. The van der Waals surface area contributed by atoms with E-state index in [4.69, 9.17) is 4.42 Å². The first kappa shape index (κ1) is 22.1. The van der Waals surface area contributed by atoms with Gasteiger partial charge in [-0.25, -0.2) is 4.79 Å². The molecule has 0 spiro atoms. The minimum Gasteiger partial charge on any atom is -0.423 e. The van der Waals surface area contributed by atoms with E-state index in [1.807, 2.05) is 45.2 Å². The average Bonchev–Trinajstić information content (AvgIpc) is 2.79. The van der Waals surface area contributed by atoms with Crippen LogP contribution in [0, 0.1) is 13.8 Å². The molecule has 1 saturated heterocycles. The van der Waals surface area contributed by atoms with Gasteiger partial charge in [0, 0.05) is 49.7 Å². The summed E-state index contributed by atoms with van der Waals surface area (Å²) in [6, 6.07) is 14.2. The first-order valence-electron chi connectivity index (χ1n) is 11.5. The fraction of sp³-hybridized carbons (Fsp3) is 0.407. The summed E-state index contributed by atoms with van der Waals surface area (Å²) in [6.45, 7) is 6.63. The number of rotatable bonds is 6. The standard InChI is InChI=1S/C27H32N2O3/c1-19-11-12-22-20(2)23(27(31)32-25(22)17-19)13-14-26(30)28(3)18-21-9-5-6-10-24(21)29-15-7-4-8-16-29/h5-6,9-12,17H,4,7-8,13-16,18H2,1-3H3. The maximum atomic E-state index is 12.9. The van der Waals surface area contributed by atoms with Crippen LogP contribution in [0.1, 0.15) is 47.9 Å². The number of nitrogens with zero attached hydrogens (tertiary/aromatic N) is 2. The molecule has 3 aromatic rings. The monoisotopic (exact) mass is 432 g/mol. The van der Waals surface area contributed by atoms with Gasteiger partial charge in [-0.05, 0) is 68.4 Å². The van der Waals surface area contributed by atoms with Gasteiger partial charge in [0.2, 0.25) is 5.91 Å². The summed E-state index contributed by atoms with van der Waals surface area (Å²) >= 11 is 0. The van der Waals surface area contributed by atoms with Crippen molar-refractivity contribution in [1.29, 1.82) is 0 Å². The number of benzene rings is 2. The Morgan fingerprint density at radius 2 is 1.81 bits per heavy atom. The molecule has 5 heteroatoms. The van der Waals surface area contributed by atoms with Crippen molar-refractivity contribution in [3.05, 3.63) is 75.1 Å². The molecule has 1 amide bonds. The molecule has 0 N–H and O–H groups in total. The highest BCUT2D eigenvalue weighted by Gasteiger charge is 2.18. The molecule has 0 aliphatic carbocycles. The van der Waals surface area contributed by atoms with Crippen LogP contribution < -0.4 is 10.5 Å². The number of carbonyl (C=O) groups excluding carboxylic acids is 1.